The van der Waals surface area contributed by atoms with Gasteiger partial charge in [-0.15, -0.1) is 0 Å². The Bertz CT molecular complexity index is 803. The number of hydrogen-bond donors (Lipinski definition) is 0. The fourth-order valence-electron chi connectivity index (χ4n) is 2.69. The minimum atomic E-state index is -0.479. The molecule has 0 aromatic heterocycles. The van der Waals surface area contributed by atoms with Gasteiger partial charge in [-0.1, -0.05) is 23.4 Å². The molecule has 24 heavy (non-hydrogen) atoms. The molecule has 0 N–H and O–H groups in total. The SMILES string of the molecule is CO/N=C1\CC(c2cccc(C(=O)OC)c2)Oc2c(F)cccc21. The van der Waals surface area contributed by atoms with E-state index in [1.165, 1.54) is 20.3 Å². The van der Waals surface area contributed by atoms with Crippen molar-refractivity contribution in [3.8, 4) is 5.75 Å². The normalized spacial score (nSPS) is 17.8. The smallest absolute Gasteiger partial charge is 0.337 e. The number of benzene rings is 2. The van der Waals surface area contributed by atoms with E-state index < -0.39 is 17.9 Å². The number of halogens is 1. The monoisotopic (exact) mass is 329 g/mol. The summed E-state index contributed by atoms with van der Waals surface area (Å²) in [5.41, 5.74) is 2.29. The number of carbonyl (C=O) groups excluding carboxylic acids is 1. The van der Waals surface area contributed by atoms with E-state index >= 15 is 0 Å². The van der Waals surface area contributed by atoms with Crippen molar-refractivity contribution in [2.75, 3.05) is 14.2 Å². The highest BCUT2D eigenvalue weighted by Gasteiger charge is 2.29. The standard InChI is InChI=1S/C18H16FNO4/c1-22-18(21)12-6-3-5-11(9-12)16-10-15(20-23-2)13-7-4-8-14(19)17(13)24-16/h3-9,16H,10H2,1-2H3/b20-15+. The van der Waals surface area contributed by atoms with Crippen LogP contribution in [-0.2, 0) is 9.57 Å². The van der Waals surface area contributed by atoms with Crippen LogP contribution in [0.3, 0.4) is 0 Å². The molecule has 0 radical (unpaired) electrons. The van der Waals surface area contributed by atoms with Gasteiger partial charge < -0.3 is 14.3 Å². The van der Waals surface area contributed by atoms with E-state index in [4.69, 9.17) is 14.3 Å². The maximum Gasteiger partial charge on any atom is 0.337 e. The van der Waals surface area contributed by atoms with Crippen LogP contribution in [0.4, 0.5) is 4.39 Å². The third-order valence-corrected chi connectivity index (χ3v) is 3.80. The number of methoxy groups -OCH3 is 1. The topological polar surface area (TPSA) is 57.1 Å². The third kappa shape index (κ3) is 2.95. The summed E-state index contributed by atoms with van der Waals surface area (Å²) in [6.45, 7) is 0. The predicted molar refractivity (Wildman–Crippen MR) is 85.7 cm³/mol. The second-order valence-electron chi connectivity index (χ2n) is 5.26. The highest BCUT2D eigenvalue weighted by Crippen LogP contribution is 2.37. The molecule has 5 nitrogen and oxygen atoms in total. The number of esters is 1. The van der Waals surface area contributed by atoms with Crippen LogP contribution in [0.5, 0.6) is 5.75 Å². The van der Waals surface area contributed by atoms with Gasteiger partial charge in [0.1, 0.15) is 13.2 Å². The summed E-state index contributed by atoms with van der Waals surface area (Å²) < 4.78 is 24.7. The molecule has 0 bridgehead atoms. The first-order chi connectivity index (χ1) is 11.6. The van der Waals surface area contributed by atoms with Gasteiger partial charge in [-0.25, -0.2) is 9.18 Å². The summed E-state index contributed by atoms with van der Waals surface area (Å²) in [7, 11) is 2.76. The molecular weight excluding hydrogens is 313 g/mol. The Morgan fingerprint density at radius 1 is 1.25 bits per heavy atom. The Balaban J connectivity index is 2.01. The molecule has 1 heterocycles. The van der Waals surface area contributed by atoms with Gasteiger partial charge in [0.15, 0.2) is 11.6 Å². The van der Waals surface area contributed by atoms with E-state index in [9.17, 15) is 9.18 Å². The number of ether oxygens (including phenoxy) is 2. The molecule has 0 amide bonds. The van der Waals surface area contributed by atoms with Crippen LogP contribution in [0.25, 0.3) is 0 Å². The van der Waals surface area contributed by atoms with Gasteiger partial charge in [-0.3, -0.25) is 0 Å². The zero-order valence-electron chi connectivity index (χ0n) is 13.3. The molecule has 0 saturated heterocycles. The average Bonchev–Trinajstić information content (AvgIpc) is 2.62. The maximum absolute atomic E-state index is 14.1. The van der Waals surface area contributed by atoms with E-state index in [1.54, 1.807) is 30.3 Å². The molecule has 1 aliphatic rings. The zero-order chi connectivity index (χ0) is 17.1. The Morgan fingerprint density at radius 3 is 2.79 bits per heavy atom. The number of fused-ring (bicyclic) bond motifs is 1. The Kier molecular flexibility index (Phi) is 4.46. The van der Waals surface area contributed by atoms with Crippen molar-refractivity contribution in [2.24, 2.45) is 5.16 Å². The van der Waals surface area contributed by atoms with E-state index in [2.05, 4.69) is 5.16 Å². The van der Waals surface area contributed by atoms with Crippen molar-refractivity contribution in [2.45, 2.75) is 12.5 Å². The van der Waals surface area contributed by atoms with E-state index in [0.29, 0.717) is 23.3 Å². The lowest BCUT2D eigenvalue weighted by Crippen LogP contribution is -2.22. The van der Waals surface area contributed by atoms with E-state index in [-0.39, 0.29) is 5.75 Å². The first-order valence-corrected chi connectivity index (χ1v) is 7.38. The van der Waals surface area contributed by atoms with Crippen molar-refractivity contribution in [1.82, 2.24) is 0 Å². The second kappa shape index (κ2) is 6.70. The minimum Gasteiger partial charge on any atom is -0.482 e. The molecule has 0 aliphatic carbocycles. The van der Waals surface area contributed by atoms with Gasteiger partial charge in [0, 0.05) is 12.0 Å². The summed E-state index contributed by atoms with van der Waals surface area (Å²) in [4.78, 5) is 16.6. The van der Waals surface area contributed by atoms with Crippen LogP contribution in [0.2, 0.25) is 0 Å². The lowest BCUT2D eigenvalue weighted by molar-refractivity contribution is 0.0600. The highest BCUT2D eigenvalue weighted by atomic mass is 19.1. The van der Waals surface area contributed by atoms with Crippen LogP contribution >= 0.6 is 0 Å². The van der Waals surface area contributed by atoms with Gasteiger partial charge in [-0.2, -0.15) is 0 Å². The van der Waals surface area contributed by atoms with Crippen LogP contribution in [-0.4, -0.2) is 25.9 Å². The molecule has 0 fully saturated rings. The molecule has 0 spiro atoms. The lowest BCUT2D eigenvalue weighted by atomic mass is 9.94. The van der Waals surface area contributed by atoms with Crippen molar-refractivity contribution in [3.63, 3.8) is 0 Å². The van der Waals surface area contributed by atoms with Crippen molar-refractivity contribution < 1.29 is 23.5 Å². The molecule has 2 aromatic carbocycles. The fourth-order valence-corrected chi connectivity index (χ4v) is 2.69. The first-order valence-electron chi connectivity index (χ1n) is 7.38. The van der Waals surface area contributed by atoms with E-state index in [1.807, 2.05) is 6.07 Å². The van der Waals surface area contributed by atoms with Crippen LogP contribution < -0.4 is 4.74 Å². The summed E-state index contributed by atoms with van der Waals surface area (Å²) >= 11 is 0. The molecule has 3 rings (SSSR count). The third-order valence-electron chi connectivity index (χ3n) is 3.80. The minimum absolute atomic E-state index is 0.132. The van der Waals surface area contributed by atoms with Gasteiger partial charge in [-0.05, 0) is 29.8 Å². The quantitative estimate of drug-likeness (QED) is 0.639. The van der Waals surface area contributed by atoms with Gasteiger partial charge in [0.2, 0.25) is 0 Å². The number of rotatable bonds is 3. The molecule has 124 valence electrons. The Hall–Kier alpha value is -2.89. The van der Waals surface area contributed by atoms with E-state index in [0.717, 1.165) is 5.56 Å². The number of carbonyl (C=O) groups is 1. The first kappa shape index (κ1) is 16.0. The van der Waals surface area contributed by atoms with Crippen molar-refractivity contribution in [3.05, 3.63) is 65.0 Å². The summed E-state index contributed by atoms with van der Waals surface area (Å²) in [6.07, 6.45) is -0.0811. The molecule has 1 atom stereocenters. The largest absolute Gasteiger partial charge is 0.482 e. The Labute approximate surface area is 138 Å². The highest BCUT2D eigenvalue weighted by molar-refractivity contribution is 6.03. The zero-order valence-corrected chi connectivity index (χ0v) is 13.3. The van der Waals surface area contributed by atoms with Crippen LogP contribution in [0.15, 0.2) is 47.6 Å². The second-order valence-corrected chi connectivity index (χ2v) is 5.26. The fraction of sp³-hybridized carbons (Fsp3) is 0.222. The molecule has 1 unspecified atom stereocenters. The Morgan fingerprint density at radius 2 is 2.04 bits per heavy atom. The summed E-state index contributed by atoms with van der Waals surface area (Å²) in [5.74, 6) is -0.775. The van der Waals surface area contributed by atoms with Gasteiger partial charge >= 0.3 is 5.97 Å². The molecular formula is C18H16FNO4. The van der Waals surface area contributed by atoms with Crippen LogP contribution in [0, 0.1) is 5.82 Å². The van der Waals surface area contributed by atoms with Gasteiger partial charge in [0.05, 0.1) is 18.4 Å². The van der Waals surface area contributed by atoms with Crippen molar-refractivity contribution in [1.29, 1.82) is 0 Å². The lowest BCUT2D eigenvalue weighted by Gasteiger charge is -2.27. The maximum atomic E-state index is 14.1. The average molecular weight is 329 g/mol. The molecule has 1 aliphatic heterocycles. The molecule has 0 saturated carbocycles. The predicted octanol–water partition coefficient (Wildman–Crippen LogP) is 3.49. The summed E-state index contributed by atoms with van der Waals surface area (Å²) in [6, 6.07) is 11.5. The number of hydrogen-bond acceptors (Lipinski definition) is 5. The summed E-state index contributed by atoms with van der Waals surface area (Å²) in [5, 5.41) is 3.99. The molecule has 6 heteroatoms. The van der Waals surface area contributed by atoms with Gasteiger partial charge in [0.25, 0.3) is 0 Å². The number of oxime groups is 1. The number of nitrogens with zero attached hydrogens (tertiary/aromatic N) is 1. The number of para-hydroxylation sites is 1. The molecule has 2 aromatic rings. The van der Waals surface area contributed by atoms with Crippen molar-refractivity contribution >= 4 is 11.7 Å². The van der Waals surface area contributed by atoms with Crippen LogP contribution in [0.1, 0.15) is 34.0 Å².